The molecule has 0 radical (unpaired) electrons. The lowest BCUT2D eigenvalue weighted by molar-refractivity contribution is -0.138. The lowest BCUT2D eigenvalue weighted by Gasteiger charge is -2.24. The minimum atomic E-state index is -0.469. The maximum atomic E-state index is 12.6. The van der Waals surface area contributed by atoms with E-state index >= 15 is 0 Å². The van der Waals surface area contributed by atoms with Gasteiger partial charge >= 0.3 is 0 Å². The second kappa shape index (κ2) is 8.38. The van der Waals surface area contributed by atoms with E-state index in [1.807, 2.05) is 18.2 Å². The molecule has 0 aromatic heterocycles. The lowest BCUT2D eigenvalue weighted by atomic mass is 10.2. The number of hydrogen-bond acceptors (Lipinski definition) is 4. The Balaban J connectivity index is 1.57. The van der Waals surface area contributed by atoms with Crippen molar-refractivity contribution >= 4 is 17.5 Å². The minimum Gasteiger partial charge on any atom is -0.497 e. The van der Waals surface area contributed by atoms with E-state index in [1.165, 1.54) is 0 Å². The number of likely N-dealkylation sites (tertiary alicyclic amines) is 1. The highest BCUT2D eigenvalue weighted by molar-refractivity contribution is 5.97. The Hall–Kier alpha value is -3.02. The molecule has 0 bridgehead atoms. The number of carbonyl (C=O) groups excluding carboxylic acids is 2. The van der Waals surface area contributed by atoms with Crippen LogP contribution >= 0.6 is 0 Å². The minimum absolute atomic E-state index is 0.0731. The molecule has 1 atom stereocenters. The van der Waals surface area contributed by atoms with E-state index in [2.05, 4.69) is 5.32 Å². The van der Waals surface area contributed by atoms with Crippen molar-refractivity contribution in [2.75, 3.05) is 25.6 Å². The maximum absolute atomic E-state index is 12.6. The third kappa shape index (κ3) is 4.33. The zero-order valence-corrected chi connectivity index (χ0v) is 14.7. The predicted octanol–water partition coefficient (Wildman–Crippen LogP) is 2.70. The normalized spacial score (nSPS) is 16.2. The van der Waals surface area contributed by atoms with Gasteiger partial charge in [0.15, 0.2) is 6.61 Å². The summed E-state index contributed by atoms with van der Waals surface area (Å²) in [5.74, 6) is 1.000. The van der Waals surface area contributed by atoms with Crippen molar-refractivity contribution in [3.05, 3.63) is 54.6 Å². The molecule has 6 heteroatoms. The molecule has 136 valence electrons. The Kier molecular flexibility index (Phi) is 5.73. The van der Waals surface area contributed by atoms with Gasteiger partial charge in [0.2, 0.25) is 5.91 Å². The molecule has 1 fully saturated rings. The molecule has 1 aliphatic rings. The van der Waals surface area contributed by atoms with Gasteiger partial charge in [-0.1, -0.05) is 18.2 Å². The van der Waals surface area contributed by atoms with E-state index in [-0.39, 0.29) is 18.4 Å². The Morgan fingerprint density at radius 2 is 1.81 bits per heavy atom. The van der Waals surface area contributed by atoms with Crippen molar-refractivity contribution in [3.8, 4) is 11.5 Å². The van der Waals surface area contributed by atoms with Crippen LogP contribution in [0.5, 0.6) is 11.5 Å². The number of nitrogens with zero attached hydrogens (tertiary/aromatic N) is 1. The molecule has 1 saturated heterocycles. The highest BCUT2D eigenvalue weighted by Crippen LogP contribution is 2.21. The van der Waals surface area contributed by atoms with Crippen LogP contribution in [0.2, 0.25) is 0 Å². The molecule has 1 aliphatic heterocycles. The largest absolute Gasteiger partial charge is 0.497 e. The molecule has 1 unspecified atom stereocenters. The van der Waals surface area contributed by atoms with E-state index in [1.54, 1.807) is 48.4 Å². The van der Waals surface area contributed by atoms with Gasteiger partial charge in [-0.05, 0) is 49.2 Å². The standard InChI is InChI=1S/C20H22N2O4/c1-25-16-11-9-15(10-12-16)21-20(24)18-8-5-13-22(18)19(23)14-26-17-6-3-2-4-7-17/h2-4,6-7,9-12,18H,5,8,13-14H2,1H3,(H,21,24). The van der Waals surface area contributed by atoms with Gasteiger partial charge in [0.05, 0.1) is 7.11 Å². The van der Waals surface area contributed by atoms with Gasteiger partial charge in [-0.2, -0.15) is 0 Å². The Labute approximate surface area is 152 Å². The monoisotopic (exact) mass is 354 g/mol. The molecule has 6 nitrogen and oxygen atoms in total. The average molecular weight is 354 g/mol. The first kappa shape index (κ1) is 17.8. The van der Waals surface area contributed by atoms with Gasteiger partial charge in [0.25, 0.3) is 5.91 Å². The third-order valence-corrected chi connectivity index (χ3v) is 4.34. The Morgan fingerprint density at radius 3 is 2.50 bits per heavy atom. The lowest BCUT2D eigenvalue weighted by Crippen LogP contribution is -2.45. The zero-order chi connectivity index (χ0) is 18.4. The quantitative estimate of drug-likeness (QED) is 0.866. The smallest absolute Gasteiger partial charge is 0.261 e. The van der Waals surface area contributed by atoms with Crippen LogP contribution in [0.25, 0.3) is 0 Å². The van der Waals surface area contributed by atoms with Crippen LogP contribution in [0, 0.1) is 0 Å². The van der Waals surface area contributed by atoms with Crippen molar-refractivity contribution in [1.29, 1.82) is 0 Å². The maximum Gasteiger partial charge on any atom is 0.261 e. The van der Waals surface area contributed by atoms with E-state index in [4.69, 9.17) is 9.47 Å². The van der Waals surface area contributed by atoms with Crippen molar-refractivity contribution in [3.63, 3.8) is 0 Å². The summed E-state index contributed by atoms with van der Waals surface area (Å²) >= 11 is 0. The molecule has 2 aromatic rings. The van der Waals surface area contributed by atoms with Gasteiger partial charge in [-0.3, -0.25) is 9.59 Å². The van der Waals surface area contributed by atoms with Crippen molar-refractivity contribution in [2.24, 2.45) is 0 Å². The number of carbonyl (C=O) groups is 2. The zero-order valence-electron chi connectivity index (χ0n) is 14.7. The summed E-state index contributed by atoms with van der Waals surface area (Å²) in [5, 5.41) is 2.86. The highest BCUT2D eigenvalue weighted by atomic mass is 16.5. The topological polar surface area (TPSA) is 67.9 Å². The second-order valence-electron chi connectivity index (χ2n) is 6.06. The van der Waals surface area contributed by atoms with E-state index in [0.717, 1.165) is 12.2 Å². The number of ether oxygens (including phenoxy) is 2. The third-order valence-electron chi connectivity index (χ3n) is 4.34. The molecule has 26 heavy (non-hydrogen) atoms. The van der Waals surface area contributed by atoms with Crippen LogP contribution < -0.4 is 14.8 Å². The predicted molar refractivity (Wildman–Crippen MR) is 98.3 cm³/mol. The van der Waals surface area contributed by atoms with Gasteiger partial charge in [0.1, 0.15) is 17.5 Å². The number of para-hydroxylation sites is 1. The number of hydrogen-bond donors (Lipinski definition) is 1. The van der Waals surface area contributed by atoms with Gasteiger partial charge in [-0.15, -0.1) is 0 Å². The first-order chi connectivity index (χ1) is 12.7. The molecular weight excluding hydrogens is 332 g/mol. The molecule has 0 aliphatic carbocycles. The molecule has 0 spiro atoms. The van der Waals surface area contributed by atoms with Crippen molar-refractivity contribution in [1.82, 2.24) is 4.90 Å². The van der Waals surface area contributed by atoms with Crippen LogP contribution in [-0.2, 0) is 9.59 Å². The van der Waals surface area contributed by atoms with Crippen LogP contribution in [0.15, 0.2) is 54.6 Å². The summed E-state index contributed by atoms with van der Waals surface area (Å²) in [6, 6.07) is 15.8. The fourth-order valence-corrected chi connectivity index (χ4v) is 2.98. The summed E-state index contributed by atoms with van der Waals surface area (Å²) in [6.07, 6.45) is 1.46. The van der Waals surface area contributed by atoms with Crippen LogP contribution in [0.3, 0.4) is 0 Å². The van der Waals surface area contributed by atoms with Gasteiger partial charge in [-0.25, -0.2) is 0 Å². The number of benzene rings is 2. The second-order valence-corrected chi connectivity index (χ2v) is 6.06. The first-order valence-corrected chi connectivity index (χ1v) is 8.59. The first-order valence-electron chi connectivity index (χ1n) is 8.59. The summed E-state index contributed by atoms with van der Waals surface area (Å²) in [4.78, 5) is 26.7. The number of nitrogens with one attached hydrogen (secondary N) is 1. The average Bonchev–Trinajstić information content (AvgIpc) is 3.17. The van der Waals surface area contributed by atoms with Crippen LogP contribution in [0.1, 0.15) is 12.8 Å². The van der Waals surface area contributed by atoms with Crippen molar-refractivity contribution < 1.29 is 19.1 Å². The molecule has 3 rings (SSSR count). The number of methoxy groups -OCH3 is 1. The molecule has 1 heterocycles. The molecule has 2 amide bonds. The summed E-state index contributed by atoms with van der Waals surface area (Å²) in [7, 11) is 1.59. The Bertz CT molecular complexity index is 746. The van der Waals surface area contributed by atoms with Crippen LogP contribution in [-0.4, -0.2) is 43.0 Å². The fourth-order valence-electron chi connectivity index (χ4n) is 2.98. The molecule has 2 aromatic carbocycles. The molecule has 0 saturated carbocycles. The van der Waals surface area contributed by atoms with Crippen molar-refractivity contribution in [2.45, 2.75) is 18.9 Å². The summed E-state index contributed by atoms with van der Waals surface area (Å²) in [5.41, 5.74) is 0.677. The van der Waals surface area contributed by atoms with E-state index < -0.39 is 6.04 Å². The number of amides is 2. The SMILES string of the molecule is COc1ccc(NC(=O)C2CCCN2C(=O)COc2ccccc2)cc1. The van der Waals surface area contributed by atoms with E-state index in [9.17, 15) is 9.59 Å². The molecular formula is C20H22N2O4. The summed E-state index contributed by atoms with van der Waals surface area (Å²) < 4.78 is 10.6. The highest BCUT2D eigenvalue weighted by Gasteiger charge is 2.34. The Morgan fingerprint density at radius 1 is 1.08 bits per heavy atom. The number of rotatable bonds is 6. The van der Waals surface area contributed by atoms with Gasteiger partial charge in [0, 0.05) is 12.2 Å². The number of anilines is 1. The van der Waals surface area contributed by atoms with Crippen LogP contribution in [0.4, 0.5) is 5.69 Å². The van der Waals surface area contributed by atoms with E-state index in [0.29, 0.717) is 24.4 Å². The summed E-state index contributed by atoms with van der Waals surface area (Å²) in [6.45, 7) is 0.494. The van der Waals surface area contributed by atoms with Gasteiger partial charge < -0.3 is 19.7 Å². The molecule has 1 N–H and O–H groups in total. The fraction of sp³-hybridized carbons (Fsp3) is 0.300.